The first-order valence-corrected chi connectivity index (χ1v) is 10.2. The molecule has 0 fully saturated rings. The summed E-state index contributed by atoms with van der Waals surface area (Å²) in [6, 6.07) is 13.4. The van der Waals surface area contributed by atoms with Crippen molar-refractivity contribution in [3.63, 3.8) is 0 Å². The second kappa shape index (κ2) is 11.1. The SMILES string of the molecule is CC.Cc1oc(-c2ccccc2)nc1Cc1ccc(C#CCSCC(=O)O)o1. The van der Waals surface area contributed by atoms with Crippen LogP contribution in [-0.4, -0.2) is 27.6 Å². The summed E-state index contributed by atoms with van der Waals surface area (Å²) in [6.07, 6.45) is 0.525. The highest BCUT2D eigenvalue weighted by Crippen LogP contribution is 2.23. The van der Waals surface area contributed by atoms with Crippen LogP contribution in [0.25, 0.3) is 11.5 Å². The van der Waals surface area contributed by atoms with Crippen LogP contribution in [0.1, 0.15) is 36.8 Å². The molecule has 5 nitrogen and oxygen atoms in total. The number of thioether (sulfide) groups is 1. The zero-order valence-corrected chi connectivity index (χ0v) is 17.0. The van der Waals surface area contributed by atoms with Gasteiger partial charge in [-0.1, -0.05) is 38.0 Å². The molecule has 0 unspecified atom stereocenters. The maximum absolute atomic E-state index is 10.4. The second-order valence-electron chi connectivity index (χ2n) is 5.52. The number of carboxylic acid groups (broad SMARTS) is 1. The lowest BCUT2D eigenvalue weighted by Crippen LogP contribution is -1.97. The largest absolute Gasteiger partial charge is 0.481 e. The molecule has 0 aliphatic carbocycles. The number of hydrogen-bond acceptors (Lipinski definition) is 5. The lowest BCUT2D eigenvalue weighted by atomic mass is 10.2. The topological polar surface area (TPSA) is 76.5 Å². The molecule has 0 radical (unpaired) electrons. The Morgan fingerprint density at radius 3 is 2.61 bits per heavy atom. The smallest absolute Gasteiger partial charge is 0.313 e. The molecule has 0 aliphatic rings. The van der Waals surface area contributed by atoms with E-state index in [4.69, 9.17) is 13.9 Å². The average Bonchev–Trinajstić information content (AvgIpc) is 3.30. The first kappa shape index (κ1) is 21.4. The van der Waals surface area contributed by atoms with Crippen molar-refractivity contribution in [2.45, 2.75) is 27.2 Å². The fourth-order valence-electron chi connectivity index (χ4n) is 2.31. The summed E-state index contributed by atoms with van der Waals surface area (Å²) in [5.41, 5.74) is 1.77. The van der Waals surface area contributed by atoms with Gasteiger partial charge in [-0.3, -0.25) is 4.79 Å². The number of carbonyl (C=O) groups is 1. The summed E-state index contributed by atoms with van der Waals surface area (Å²) in [6.45, 7) is 5.89. The van der Waals surface area contributed by atoms with Gasteiger partial charge in [-0.15, -0.1) is 11.8 Å². The van der Waals surface area contributed by atoms with E-state index in [1.807, 2.05) is 57.2 Å². The molecule has 1 N–H and O–H groups in total. The lowest BCUT2D eigenvalue weighted by Gasteiger charge is -1.93. The van der Waals surface area contributed by atoms with E-state index in [9.17, 15) is 4.79 Å². The number of rotatable bonds is 6. The van der Waals surface area contributed by atoms with Crippen molar-refractivity contribution in [3.8, 4) is 23.3 Å². The van der Waals surface area contributed by atoms with Gasteiger partial charge in [-0.2, -0.15) is 0 Å². The van der Waals surface area contributed by atoms with Crippen LogP contribution in [0, 0.1) is 18.8 Å². The van der Waals surface area contributed by atoms with E-state index >= 15 is 0 Å². The van der Waals surface area contributed by atoms with Crippen molar-refractivity contribution in [1.29, 1.82) is 0 Å². The van der Waals surface area contributed by atoms with Gasteiger partial charge in [-0.05, 0) is 37.1 Å². The Bertz CT molecular complexity index is 948. The Kier molecular flexibility index (Phi) is 8.44. The molecular formula is C22H23NO4S. The predicted octanol–water partition coefficient (Wildman–Crippen LogP) is 5.03. The molecule has 0 amide bonds. The minimum absolute atomic E-state index is 0.0489. The van der Waals surface area contributed by atoms with Gasteiger partial charge in [0.05, 0.1) is 23.6 Å². The van der Waals surface area contributed by atoms with Gasteiger partial charge in [0.15, 0.2) is 5.76 Å². The normalized spacial score (nSPS) is 9.82. The lowest BCUT2D eigenvalue weighted by molar-refractivity contribution is -0.133. The number of furan rings is 1. The van der Waals surface area contributed by atoms with Gasteiger partial charge in [0.2, 0.25) is 5.89 Å². The summed E-state index contributed by atoms with van der Waals surface area (Å²) < 4.78 is 11.5. The third-order valence-corrected chi connectivity index (χ3v) is 4.33. The minimum atomic E-state index is -0.838. The highest BCUT2D eigenvalue weighted by Gasteiger charge is 2.13. The number of oxazole rings is 1. The summed E-state index contributed by atoms with van der Waals surface area (Å²) in [5, 5.41) is 8.57. The first-order valence-electron chi connectivity index (χ1n) is 9.00. The van der Waals surface area contributed by atoms with Gasteiger partial charge in [0.25, 0.3) is 0 Å². The number of benzene rings is 1. The molecule has 0 spiro atoms. The average molecular weight is 397 g/mol. The zero-order chi connectivity index (χ0) is 20.4. The number of carboxylic acids is 1. The third kappa shape index (κ3) is 6.36. The van der Waals surface area contributed by atoms with Crippen LogP contribution in [0.5, 0.6) is 0 Å². The van der Waals surface area contributed by atoms with E-state index in [-0.39, 0.29) is 5.75 Å². The maximum Gasteiger partial charge on any atom is 0.313 e. The van der Waals surface area contributed by atoms with Crippen molar-refractivity contribution in [3.05, 3.63) is 65.4 Å². The fraction of sp³-hybridized carbons (Fsp3) is 0.273. The van der Waals surface area contributed by atoms with Crippen LogP contribution in [0.4, 0.5) is 0 Å². The molecule has 1 aromatic carbocycles. The van der Waals surface area contributed by atoms with Gasteiger partial charge in [-0.25, -0.2) is 4.98 Å². The molecular weight excluding hydrogens is 374 g/mol. The number of hydrogen-bond donors (Lipinski definition) is 1. The van der Waals surface area contributed by atoms with E-state index in [1.165, 1.54) is 11.8 Å². The summed E-state index contributed by atoms with van der Waals surface area (Å²) in [5.74, 6) is 8.12. The van der Waals surface area contributed by atoms with Gasteiger partial charge in [0.1, 0.15) is 11.5 Å². The van der Waals surface area contributed by atoms with Crippen molar-refractivity contribution < 1.29 is 18.7 Å². The number of nitrogens with zero attached hydrogens (tertiary/aromatic N) is 1. The number of aromatic nitrogens is 1. The molecule has 0 aliphatic heterocycles. The molecule has 28 heavy (non-hydrogen) atoms. The molecule has 0 saturated heterocycles. The van der Waals surface area contributed by atoms with Crippen LogP contribution in [0.2, 0.25) is 0 Å². The van der Waals surface area contributed by atoms with Crippen LogP contribution >= 0.6 is 11.8 Å². The van der Waals surface area contributed by atoms with E-state index in [0.29, 0.717) is 23.8 Å². The molecule has 0 atom stereocenters. The van der Waals surface area contributed by atoms with E-state index < -0.39 is 5.97 Å². The quantitative estimate of drug-likeness (QED) is 0.464. The Morgan fingerprint density at radius 2 is 1.89 bits per heavy atom. The highest BCUT2D eigenvalue weighted by molar-refractivity contribution is 8.00. The maximum atomic E-state index is 10.4. The van der Waals surface area contributed by atoms with Gasteiger partial charge >= 0.3 is 5.97 Å². The molecule has 3 rings (SSSR count). The standard InChI is InChI=1S/C20H17NO4S.C2H6/c1-14-18(21-20(24-14)15-6-3-2-4-7-15)12-17-10-9-16(25-17)8-5-11-26-13-19(22)23;1-2/h2-4,6-7,9-10H,11-13H2,1H3,(H,22,23);1-2H3. The predicted molar refractivity (Wildman–Crippen MR) is 111 cm³/mol. The number of aliphatic carboxylic acids is 1. The highest BCUT2D eigenvalue weighted by atomic mass is 32.2. The molecule has 0 bridgehead atoms. The molecule has 2 heterocycles. The third-order valence-electron chi connectivity index (χ3n) is 3.53. The van der Waals surface area contributed by atoms with Crippen molar-refractivity contribution in [2.24, 2.45) is 0 Å². The van der Waals surface area contributed by atoms with Gasteiger partial charge < -0.3 is 13.9 Å². The van der Waals surface area contributed by atoms with Crippen molar-refractivity contribution in [1.82, 2.24) is 4.98 Å². The summed E-state index contributed by atoms with van der Waals surface area (Å²) >= 11 is 1.26. The Labute approximate surface area is 169 Å². The van der Waals surface area contributed by atoms with Crippen molar-refractivity contribution >= 4 is 17.7 Å². The zero-order valence-electron chi connectivity index (χ0n) is 16.2. The van der Waals surface area contributed by atoms with E-state index in [0.717, 1.165) is 22.8 Å². The Hall–Kier alpha value is -2.91. The molecule has 2 aromatic heterocycles. The van der Waals surface area contributed by atoms with Crippen molar-refractivity contribution in [2.75, 3.05) is 11.5 Å². The van der Waals surface area contributed by atoms with Crippen LogP contribution in [0.3, 0.4) is 0 Å². The summed E-state index contributed by atoms with van der Waals surface area (Å²) in [7, 11) is 0. The monoisotopic (exact) mass is 397 g/mol. The molecule has 0 saturated carbocycles. The first-order chi connectivity index (χ1) is 13.6. The minimum Gasteiger partial charge on any atom is -0.481 e. The summed E-state index contributed by atoms with van der Waals surface area (Å²) in [4.78, 5) is 15.0. The second-order valence-corrected chi connectivity index (χ2v) is 6.50. The molecule has 146 valence electrons. The van der Waals surface area contributed by atoms with E-state index in [2.05, 4.69) is 16.8 Å². The molecule has 6 heteroatoms. The van der Waals surface area contributed by atoms with Crippen LogP contribution < -0.4 is 0 Å². The van der Waals surface area contributed by atoms with Crippen LogP contribution in [-0.2, 0) is 11.2 Å². The fourth-order valence-corrected chi connectivity index (χ4v) is 2.76. The van der Waals surface area contributed by atoms with Gasteiger partial charge in [0, 0.05) is 5.56 Å². The Morgan fingerprint density at radius 1 is 1.14 bits per heavy atom. The number of aryl methyl sites for hydroxylation is 1. The van der Waals surface area contributed by atoms with E-state index in [1.54, 1.807) is 6.07 Å². The molecule has 3 aromatic rings. The Balaban J connectivity index is 0.00000136. The van der Waals surface area contributed by atoms with Crippen LogP contribution in [0.15, 0.2) is 51.3 Å².